The summed E-state index contributed by atoms with van der Waals surface area (Å²) < 4.78 is 0. The number of aryl methyl sites for hydroxylation is 1. The molecule has 1 aromatic heterocycles. The highest BCUT2D eigenvalue weighted by Crippen LogP contribution is 2.15. The normalized spacial score (nSPS) is 10.5. The summed E-state index contributed by atoms with van der Waals surface area (Å²) in [5.41, 5.74) is 7.60. The van der Waals surface area contributed by atoms with Crippen molar-refractivity contribution in [3.05, 3.63) is 45.7 Å². The number of nitrogen functional groups attached to an aromatic ring is 1. The molecule has 1 heterocycles. The van der Waals surface area contributed by atoms with E-state index in [0.29, 0.717) is 5.56 Å². The summed E-state index contributed by atoms with van der Waals surface area (Å²) in [6.45, 7) is 1.86. The van der Waals surface area contributed by atoms with Crippen molar-refractivity contribution in [1.29, 1.82) is 5.41 Å². The molecule has 76 valence electrons. The van der Waals surface area contributed by atoms with E-state index in [-0.39, 0.29) is 11.4 Å². The molecule has 0 spiro atoms. The van der Waals surface area contributed by atoms with Crippen LogP contribution < -0.4 is 11.3 Å². The summed E-state index contributed by atoms with van der Waals surface area (Å²) in [7, 11) is 0. The molecule has 0 aliphatic heterocycles. The minimum Gasteiger partial charge on any atom is -0.384 e. The molecule has 0 saturated heterocycles. The SMILES string of the molecule is Cc1cc(=O)[nH]c2ccc(C(=N)N)cc12. The van der Waals surface area contributed by atoms with Gasteiger partial charge in [-0.15, -0.1) is 0 Å². The molecule has 4 N–H and O–H groups in total. The van der Waals surface area contributed by atoms with E-state index in [1.54, 1.807) is 12.1 Å². The standard InChI is InChI=1S/C11H11N3O/c1-6-4-10(15)14-9-3-2-7(11(12)13)5-8(6)9/h2-5H,1H3,(H3,12,13)(H,14,15). The van der Waals surface area contributed by atoms with Gasteiger partial charge in [-0.1, -0.05) is 0 Å². The summed E-state index contributed by atoms with van der Waals surface area (Å²) in [6, 6.07) is 6.83. The molecular formula is C11H11N3O. The molecule has 0 amide bonds. The number of aromatic nitrogens is 1. The van der Waals surface area contributed by atoms with Crippen LogP contribution in [-0.2, 0) is 0 Å². The van der Waals surface area contributed by atoms with Gasteiger partial charge in [0, 0.05) is 22.5 Å². The number of fused-ring (bicyclic) bond motifs is 1. The van der Waals surface area contributed by atoms with Crippen molar-refractivity contribution >= 4 is 16.7 Å². The van der Waals surface area contributed by atoms with Crippen LogP contribution in [-0.4, -0.2) is 10.8 Å². The Morgan fingerprint density at radius 1 is 1.40 bits per heavy atom. The minimum atomic E-state index is -0.115. The zero-order valence-electron chi connectivity index (χ0n) is 8.29. The molecule has 15 heavy (non-hydrogen) atoms. The first-order chi connectivity index (χ1) is 7.08. The monoisotopic (exact) mass is 201 g/mol. The predicted octanol–water partition coefficient (Wildman–Crippen LogP) is 1.12. The molecule has 0 atom stereocenters. The van der Waals surface area contributed by atoms with Gasteiger partial charge in [0.2, 0.25) is 5.56 Å². The number of nitrogens with one attached hydrogen (secondary N) is 2. The van der Waals surface area contributed by atoms with E-state index in [1.165, 1.54) is 6.07 Å². The second-order valence-electron chi connectivity index (χ2n) is 3.49. The van der Waals surface area contributed by atoms with Gasteiger partial charge < -0.3 is 10.7 Å². The molecule has 4 heteroatoms. The van der Waals surface area contributed by atoms with Gasteiger partial charge in [0.05, 0.1) is 0 Å². The van der Waals surface area contributed by atoms with Crippen molar-refractivity contribution < 1.29 is 0 Å². The Morgan fingerprint density at radius 2 is 2.13 bits per heavy atom. The first kappa shape index (κ1) is 9.45. The van der Waals surface area contributed by atoms with Gasteiger partial charge in [-0.3, -0.25) is 10.2 Å². The Bertz CT molecular complexity index is 598. The van der Waals surface area contributed by atoms with Gasteiger partial charge in [-0.2, -0.15) is 0 Å². The van der Waals surface area contributed by atoms with E-state index in [0.717, 1.165) is 16.5 Å². The summed E-state index contributed by atoms with van der Waals surface area (Å²) >= 11 is 0. The van der Waals surface area contributed by atoms with Crippen LogP contribution in [0.1, 0.15) is 11.1 Å². The molecule has 0 saturated carbocycles. The molecule has 2 rings (SSSR count). The number of hydrogen-bond acceptors (Lipinski definition) is 2. The highest BCUT2D eigenvalue weighted by molar-refractivity contribution is 5.99. The number of rotatable bonds is 1. The van der Waals surface area contributed by atoms with Crippen LogP contribution in [0.5, 0.6) is 0 Å². The lowest BCUT2D eigenvalue weighted by atomic mass is 10.1. The number of hydrogen-bond donors (Lipinski definition) is 3. The van der Waals surface area contributed by atoms with Gasteiger partial charge >= 0.3 is 0 Å². The van der Waals surface area contributed by atoms with Crippen LogP contribution in [0.2, 0.25) is 0 Å². The second kappa shape index (κ2) is 3.24. The molecule has 0 bridgehead atoms. The second-order valence-corrected chi connectivity index (χ2v) is 3.49. The maximum absolute atomic E-state index is 11.2. The summed E-state index contributed by atoms with van der Waals surface area (Å²) in [5.74, 6) is 0.0301. The fourth-order valence-electron chi connectivity index (χ4n) is 1.59. The molecule has 0 fully saturated rings. The van der Waals surface area contributed by atoms with Crippen LogP contribution in [0.25, 0.3) is 10.9 Å². The van der Waals surface area contributed by atoms with E-state index in [4.69, 9.17) is 11.1 Å². The Hall–Kier alpha value is -2.10. The topological polar surface area (TPSA) is 82.7 Å². The number of aromatic amines is 1. The Kier molecular flexibility index (Phi) is 2.04. The van der Waals surface area contributed by atoms with Crippen LogP contribution >= 0.6 is 0 Å². The van der Waals surface area contributed by atoms with Crippen LogP contribution in [0.3, 0.4) is 0 Å². The third-order valence-electron chi connectivity index (χ3n) is 2.36. The minimum absolute atomic E-state index is 0.0301. The molecule has 0 unspecified atom stereocenters. The van der Waals surface area contributed by atoms with Crippen LogP contribution in [0, 0.1) is 12.3 Å². The van der Waals surface area contributed by atoms with Crippen molar-refractivity contribution in [2.24, 2.45) is 5.73 Å². The Labute approximate surface area is 86.2 Å². The average molecular weight is 201 g/mol. The van der Waals surface area contributed by atoms with E-state index in [9.17, 15) is 4.79 Å². The molecule has 0 aliphatic carbocycles. The first-order valence-corrected chi connectivity index (χ1v) is 4.56. The zero-order valence-corrected chi connectivity index (χ0v) is 8.29. The van der Waals surface area contributed by atoms with Crippen LogP contribution in [0.4, 0.5) is 0 Å². The number of amidine groups is 1. The van der Waals surface area contributed by atoms with E-state index >= 15 is 0 Å². The predicted molar refractivity (Wildman–Crippen MR) is 60.3 cm³/mol. The van der Waals surface area contributed by atoms with Gasteiger partial charge in [0.25, 0.3) is 0 Å². The molecule has 1 aromatic carbocycles. The zero-order chi connectivity index (χ0) is 11.0. The summed E-state index contributed by atoms with van der Waals surface area (Å²) in [4.78, 5) is 13.9. The maximum atomic E-state index is 11.2. The number of nitrogens with two attached hydrogens (primary N) is 1. The fourth-order valence-corrected chi connectivity index (χ4v) is 1.59. The van der Waals surface area contributed by atoms with Crippen LogP contribution in [0.15, 0.2) is 29.1 Å². The summed E-state index contributed by atoms with van der Waals surface area (Å²) in [5, 5.41) is 8.25. The van der Waals surface area contributed by atoms with Crippen molar-refractivity contribution in [2.45, 2.75) is 6.92 Å². The van der Waals surface area contributed by atoms with E-state index in [1.807, 2.05) is 13.0 Å². The lowest BCUT2D eigenvalue weighted by Gasteiger charge is -2.04. The van der Waals surface area contributed by atoms with Crippen molar-refractivity contribution in [3.8, 4) is 0 Å². The molecular weight excluding hydrogens is 190 g/mol. The number of H-pyrrole nitrogens is 1. The van der Waals surface area contributed by atoms with Gasteiger partial charge in [-0.25, -0.2) is 0 Å². The van der Waals surface area contributed by atoms with E-state index < -0.39 is 0 Å². The van der Waals surface area contributed by atoms with Gasteiger partial charge in [0.1, 0.15) is 5.84 Å². The number of pyridine rings is 1. The molecule has 0 aliphatic rings. The Balaban J connectivity index is 2.82. The summed E-state index contributed by atoms with van der Waals surface area (Å²) in [6.07, 6.45) is 0. The Morgan fingerprint density at radius 3 is 2.80 bits per heavy atom. The van der Waals surface area contributed by atoms with Crippen molar-refractivity contribution in [3.63, 3.8) is 0 Å². The highest BCUT2D eigenvalue weighted by atomic mass is 16.1. The van der Waals surface area contributed by atoms with Crippen molar-refractivity contribution in [2.75, 3.05) is 0 Å². The third-order valence-corrected chi connectivity index (χ3v) is 2.36. The quantitative estimate of drug-likeness (QED) is 0.477. The first-order valence-electron chi connectivity index (χ1n) is 4.56. The molecule has 2 aromatic rings. The largest absolute Gasteiger partial charge is 0.384 e. The lowest BCUT2D eigenvalue weighted by molar-refractivity contribution is 1.27. The van der Waals surface area contributed by atoms with E-state index in [2.05, 4.69) is 4.98 Å². The number of benzene rings is 1. The smallest absolute Gasteiger partial charge is 0.248 e. The van der Waals surface area contributed by atoms with Gasteiger partial charge in [0.15, 0.2) is 0 Å². The fraction of sp³-hybridized carbons (Fsp3) is 0.0909. The average Bonchev–Trinajstić information content (AvgIpc) is 2.16. The van der Waals surface area contributed by atoms with Gasteiger partial charge in [-0.05, 0) is 30.7 Å². The molecule has 4 nitrogen and oxygen atoms in total. The maximum Gasteiger partial charge on any atom is 0.248 e. The molecule has 0 radical (unpaired) electrons. The third kappa shape index (κ3) is 1.61. The van der Waals surface area contributed by atoms with Crippen molar-refractivity contribution in [1.82, 2.24) is 4.98 Å². The highest BCUT2D eigenvalue weighted by Gasteiger charge is 2.02. The lowest BCUT2D eigenvalue weighted by Crippen LogP contribution is -2.11.